The summed E-state index contributed by atoms with van der Waals surface area (Å²) in [5, 5.41) is 22.3. The van der Waals surface area contributed by atoms with Gasteiger partial charge in [0.2, 0.25) is 11.3 Å². The molecule has 42 heavy (non-hydrogen) atoms. The molecule has 0 radical (unpaired) electrons. The topological polar surface area (TPSA) is 191 Å². The molecule has 0 aliphatic carbocycles. The summed E-state index contributed by atoms with van der Waals surface area (Å²) in [6.07, 6.45) is -1.99. The number of ether oxygens (including phenoxy) is 2. The molecule has 4 N–H and O–H groups in total. The van der Waals surface area contributed by atoms with Crippen LogP contribution < -0.4 is 16.1 Å². The third kappa shape index (κ3) is 7.71. The van der Waals surface area contributed by atoms with Crippen molar-refractivity contribution in [1.82, 2.24) is 19.6 Å². The number of aliphatic hydroxyl groups excluding tert-OH is 1. The van der Waals surface area contributed by atoms with E-state index in [1.807, 2.05) is 9.24 Å². The minimum Gasteiger partial charge on any atom is -0.506 e. The van der Waals surface area contributed by atoms with Gasteiger partial charge in [-0.1, -0.05) is 42.0 Å². The standard InChI is InChI=1S/C25H34FN5O9P2/c1-12(2)21(34)29-18-6-7-31(24(36)30-18)23-25(26,41)20(40-22(35)13(3)4)17(39-23)11-38-42(37)28-9-16-15(10-32)8-27-14(5)19(16)33/h6-8,12-13,17,20,23,32H,9-11,41H2,1-5H3,(H2-,28,29,30,33,34,36,37)/p+1/t17-,20?,23-,25?/m1/s1. The molecule has 1 aliphatic heterocycles. The number of aromatic hydroxyl groups is 1. The van der Waals surface area contributed by atoms with E-state index in [0.29, 0.717) is 11.3 Å². The van der Waals surface area contributed by atoms with Gasteiger partial charge in [-0.2, -0.15) is 4.98 Å². The van der Waals surface area contributed by atoms with Gasteiger partial charge in [0.1, 0.15) is 24.3 Å². The second-order valence-electron chi connectivity index (χ2n) is 10.3. The second-order valence-corrected chi connectivity index (χ2v) is 12.2. The third-order valence-electron chi connectivity index (χ3n) is 6.37. The van der Waals surface area contributed by atoms with Crippen LogP contribution in [0.2, 0.25) is 0 Å². The predicted molar refractivity (Wildman–Crippen MR) is 151 cm³/mol. The molecule has 230 valence electrons. The van der Waals surface area contributed by atoms with Crippen molar-refractivity contribution in [3.8, 4) is 5.75 Å². The Morgan fingerprint density at radius 2 is 2.00 bits per heavy atom. The van der Waals surface area contributed by atoms with E-state index in [1.54, 1.807) is 34.6 Å². The first-order chi connectivity index (χ1) is 19.7. The Labute approximate surface area is 244 Å². The minimum absolute atomic E-state index is 0.0355. The van der Waals surface area contributed by atoms with Gasteiger partial charge in [0, 0.05) is 29.4 Å². The number of hydrogen-bond donors (Lipinski definition) is 4. The highest BCUT2D eigenvalue weighted by atomic mass is 31.1. The van der Waals surface area contributed by atoms with E-state index < -0.39 is 62.8 Å². The van der Waals surface area contributed by atoms with Crippen LogP contribution in [0.1, 0.15) is 50.7 Å². The van der Waals surface area contributed by atoms with Gasteiger partial charge < -0.3 is 25.0 Å². The summed E-state index contributed by atoms with van der Waals surface area (Å²) in [6, 6.07) is 1.29. The molecule has 0 spiro atoms. The average Bonchev–Trinajstić information content (AvgIpc) is 3.17. The summed E-state index contributed by atoms with van der Waals surface area (Å²) < 4.78 is 46.3. The Bertz CT molecular complexity index is 1390. The summed E-state index contributed by atoms with van der Waals surface area (Å²) in [5.74, 6) is -2.31. The molecule has 1 aliphatic rings. The lowest BCUT2D eigenvalue weighted by atomic mass is 10.1. The molecule has 6 atom stereocenters. The van der Waals surface area contributed by atoms with Crippen LogP contribution in [0, 0.1) is 18.8 Å². The van der Waals surface area contributed by atoms with Crippen LogP contribution in [0.3, 0.4) is 0 Å². The maximum absolute atomic E-state index is 16.3. The summed E-state index contributed by atoms with van der Waals surface area (Å²) >= 11 is 0. The summed E-state index contributed by atoms with van der Waals surface area (Å²) in [6.45, 7) is 6.91. The monoisotopic (exact) mass is 630 g/mol. The maximum atomic E-state index is 16.3. The highest BCUT2D eigenvalue weighted by Crippen LogP contribution is 2.48. The molecule has 17 heteroatoms. The SMILES string of the molecule is Cc1ncc(CO)c(CN[P+](=O)OC[C@H]2O[C@@H](n3ccc(NC(=O)C(C)C)nc3=O)C(F)(P)C2OC(=O)C(C)C)c1O. The lowest BCUT2D eigenvalue weighted by molar-refractivity contribution is -0.159. The number of carbonyl (C=O) groups is 2. The zero-order valence-electron chi connectivity index (χ0n) is 23.7. The zero-order chi connectivity index (χ0) is 31.4. The maximum Gasteiger partial charge on any atom is 0.613 e. The first kappa shape index (κ1) is 33.6. The van der Waals surface area contributed by atoms with Crippen molar-refractivity contribution in [2.75, 3.05) is 11.9 Å². The van der Waals surface area contributed by atoms with Crippen molar-refractivity contribution in [3.63, 3.8) is 0 Å². The highest BCUT2D eigenvalue weighted by molar-refractivity contribution is 7.36. The quantitative estimate of drug-likeness (QED) is 0.198. The molecule has 2 aromatic rings. The number of alkyl halides is 1. The number of pyridine rings is 1. The summed E-state index contributed by atoms with van der Waals surface area (Å²) in [7, 11) is -0.715. The second kappa shape index (κ2) is 14.0. The van der Waals surface area contributed by atoms with Crippen molar-refractivity contribution >= 4 is 35.1 Å². The number of amides is 1. The molecule has 0 aromatic carbocycles. The molecule has 14 nitrogen and oxygen atoms in total. The van der Waals surface area contributed by atoms with E-state index in [2.05, 4.69) is 20.4 Å². The third-order valence-corrected chi connectivity index (χ3v) is 7.78. The first-order valence-corrected chi connectivity index (χ1v) is 14.8. The molecule has 2 aromatic heterocycles. The Kier molecular flexibility index (Phi) is 11.2. The van der Waals surface area contributed by atoms with Crippen LogP contribution in [0.25, 0.3) is 0 Å². The Morgan fingerprint density at radius 1 is 1.31 bits per heavy atom. The summed E-state index contributed by atoms with van der Waals surface area (Å²) in [4.78, 5) is 44.9. The Morgan fingerprint density at radius 3 is 2.60 bits per heavy atom. The number of esters is 1. The summed E-state index contributed by atoms with van der Waals surface area (Å²) in [5.41, 5.74) is -0.0530. The highest BCUT2D eigenvalue weighted by Gasteiger charge is 2.59. The molecule has 0 saturated carbocycles. The number of nitrogens with one attached hydrogen (secondary N) is 2. The number of hydrogen-bond acceptors (Lipinski definition) is 11. The van der Waals surface area contributed by atoms with Crippen LogP contribution in [-0.4, -0.2) is 60.8 Å². The van der Waals surface area contributed by atoms with Crippen LogP contribution >= 0.6 is 17.4 Å². The van der Waals surface area contributed by atoms with Crippen molar-refractivity contribution in [3.05, 3.63) is 45.8 Å². The first-order valence-electron chi connectivity index (χ1n) is 13.0. The van der Waals surface area contributed by atoms with Gasteiger partial charge in [0.05, 0.1) is 24.8 Å². The molecular weight excluding hydrogens is 595 g/mol. The van der Waals surface area contributed by atoms with Gasteiger partial charge in [-0.3, -0.25) is 19.1 Å². The largest absolute Gasteiger partial charge is 0.613 e. The normalized spacial score (nSPS) is 22.4. The van der Waals surface area contributed by atoms with E-state index in [9.17, 15) is 29.2 Å². The van der Waals surface area contributed by atoms with Crippen molar-refractivity contribution in [2.45, 2.75) is 71.6 Å². The van der Waals surface area contributed by atoms with E-state index >= 15 is 4.39 Å². The molecule has 1 saturated heterocycles. The lowest BCUT2D eigenvalue weighted by Crippen LogP contribution is -2.44. The van der Waals surface area contributed by atoms with E-state index in [-0.39, 0.29) is 35.5 Å². The fraction of sp³-hybridized carbons (Fsp3) is 0.560. The number of carbonyl (C=O) groups excluding carboxylic acids is 2. The molecule has 0 bridgehead atoms. The van der Waals surface area contributed by atoms with Crippen LogP contribution in [-0.2, 0) is 41.3 Å². The molecule has 1 fully saturated rings. The van der Waals surface area contributed by atoms with Crippen molar-refractivity contribution in [2.24, 2.45) is 11.8 Å². The molecule has 3 heterocycles. The van der Waals surface area contributed by atoms with E-state index in [0.717, 1.165) is 4.57 Å². The van der Waals surface area contributed by atoms with Gasteiger partial charge in [0.15, 0.2) is 12.3 Å². The van der Waals surface area contributed by atoms with Crippen molar-refractivity contribution in [1.29, 1.82) is 0 Å². The predicted octanol–water partition coefficient (Wildman–Crippen LogP) is 2.21. The fourth-order valence-electron chi connectivity index (χ4n) is 3.88. The van der Waals surface area contributed by atoms with Crippen molar-refractivity contribution < 1.29 is 42.8 Å². The molecular formula is C25H35FN5O9P2+. The fourth-order valence-corrected chi connectivity index (χ4v) is 5.06. The van der Waals surface area contributed by atoms with Crippen LogP contribution in [0.4, 0.5) is 10.2 Å². The number of anilines is 1. The van der Waals surface area contributed by atoms with Gasteiger partial charge in [-0.05, 0) is 17.6 Å². The number of aryl methyl sites for hydroxylation is 1. The Balaban J connectivity index is 1.78. The number of aromatic nitrogens is 3. The van der Waals surface area contributed by atoms with Gasteiger partial charge in [0.25, 0.3) is 0 Å². The van der Waals surface area contributed by atoms with Crippen LogP contribution in [0.5, 0.6) is 5.75 Å². The number of halogens is 1. The smallest absolute Gasteiger partial charge is 0.506 e. The van der Waals surface area contributed by atoms with E-state index in [1.165, 1.54) is 18.5 Å². The van der Waals surface area contributed by atoms with Crippen LogP contribution in [0.15, 0.2) is 23.3 Å². The number of nitrogens with zero attached hydrogens (tertiary/aromatic N) is 3. The van der Waals surface area contributed by atoms with E-state index in [4.69, 9.17) is 14.0 Å². The molecule has 3 rings (SSSR count). The lowest BCUT2D eigenvalue weighted by Gasteiger charge is -2.27. The average molecular weight is 631 g/mol. The number of rotatable bonds is 12. The van der Waals surface area contributed by atoms with Gasteiger partial charge in [-0.25, -0.2) is 9.18 Å². The Hall–Kier alpha value is -2.93. The number of aliphatic hydroxyl groups is 1. The minimum atomic E-state index is -2.62. The van der Waals surface area contributed by atoms with Gasteiger partial charge in [-0.15, -0.1) is 4.52 Å². The molecule has 4 unspecified atom stereocenters. The zero-order valence-corrected chi connectivity index (χ0v) is 25.8. The molecule has 1 amide bonds. The van der Waals surface area contributed by atoms with Gasteiger partial charge >= 0.3 is 19.8 Å².